The lowest BCUT2D eigenvalue weighted by Gasteiger charge is -2.14. The van der Waals surface area contributed by atoms with Crippen LogP contribution in [0.3, 0.4) is 0 Å². The van der Waals surface area contributed by atoms with Crippen LogP contribution in [0.25, 0.3) is 186 Å². The first kappa shape index (κ1) is 47.3. The highest BCUT2D eigenvalue weighted by Gasteiger charge is 2.18. The Bertz CT molecular complexity index is 5820. The van der Waals surface area contributed by atoms with Crippen molar-refractivity contribution < 1.29 is 4.42 Å². The minimum Gasteiger partial charge on any atom is -0.435 e. The van der Waals surface area contributed by atoms with Crippen LogP contribution in [-0.4, -0.2) is 15.0 Å². The summed E-state index contributed by atoms with van der Waals surface area (Å²) >= 11 is 0. The zero-order valence-corrected chi connectivity index (χ0v) is 45.9. The van der Waals surface area contributed by atoms with Gasteiger partial charge in [0.2, 0.25) is 5.89 Å². The van der Waals surface area contributed by atoms with Gasteiger partial charge in [-0.2, -0.15) is 0 Å². The molecule has 18 rings (SSSR count). The molecule has 15 aromatic carbocycles. The Morgan fingerprint density at radius 3 is 1.27 bits per heavy atom. The van der Waals surface area contributed by atoms with Gasteiger partial charge in [-0.25, -0.2) is 4.98 Å². The summed E-state index contributed by atoms with van der Waals surface area (Å²) in [5.41, 5.74) is 15.7. The van der Waals surface area contributed by atoms with Crippen molar-refractivity contribution in [3.63, 3.8) is 0 Å². The second-order valence-electron chi connectivity index (χ2n) is 22.7. The summed E-state index contributed by atoms with van der Waals surface area (Å²) < 4.78 is 6.78. The van der Waals surface area contributed by atoms with Gasteiger partial charge < -0.3 is 4.42 Å². The highest BCUT2D eigenvalue weighted by molar-refractivity contribution is 6.27. The number of fused-ring (bicyclic) bond motifs is 18. The van der Waals surface area contributed by atoms with E-state index in [9.17, 15) is 0 Å². The molecule has 18 aromatic rings. The van der Waals surface area contributed by atoms with Gasteiger partial charge in [0.1, 0.15) is 5.52 Å². The molecule has 0 aliphatic heterocycles. The first-order valence-corrected chi connectivity index (χ1v) is 29.0. The lowest BCUT2D eigenvalue weighted by atomic mass is 9.89. The molecule has 0 saturated heterocycles. The molecule has 0 spiro atoms. The van der Waals surface area contributed by atoms with Crippen molar-refractivity contribution in [2.24, 2.45) is 0 Å². The number of hydrogen-bond acceptors (Lipinski definition) is 4. The van der Waals surface area contributed by atoms with E-state index in [0.717, 1.165) is 77.2 Å². The average molecular weight is 1080 g/mol. The number of pyridine rings is 2. The van der Waals surface area contributed by atoms with Crippen LogP contribution >= 0.6 is 0 Å². The molecule has 85 heavy (non-hydrogen) atoms. The van der Waals surface area contributed by atoms with Crippen LogP contribution in [-0.2, 0) is 0 Å². The van der Waals surface area contributed by atoms with E-state index in [1.165, 1.54) is 103 Å². The predicted octanol–water partition coefficient (Wildman–Crippen LogP) is 22.2. The maximum Gasteiger partial charge on any atom is 0.227 e. The van der Waals surface area contributed by atoms with E-state index in [2.05, 4.69) is 266 Å². The minimum atomic E-state index is 0.602. The van der Waals surface area contributed by atoms with Gasteiger partial charge in [-0.1, -0.05) is 200 Å². The molecule has 0 N–H and O–H groups in total. The minimum absolute atomic E-state index is 0.602. The van der Waals surface area contributed by atoms with Crippen molar-refractivity contribution in [3.05, 3.63) is 285 Å². The van der Waals surface area contributed by atoms with Crippen LogP contribution in [0, 0.1) is 0 Å². The van der Waals surface area contributed by atoms with Crippen molar-refractivity contribution >= 4 is 119 Å². The molecule has 4 nitrogen and oxygen atoms in total. The molecule has 0 aliphatic carbocycles. The van der Waals surface area contributed by atoms with Crippen LogP contribution in [0.2, 0.25) is 0 Å². The third-order valence-electron chi connectivity index (χ3n) is 17.9. The topological polar surface area (TPSA) is 51.8 Å². The fourth-order valence-electron chi connectivity index (χ4n) is 13.6. The maximum atomic E-state index is 6.78. The first-order valence-electron chi connectivity index (χ1n) is 29.0. The first-order chi connectivity index (χ1) is 42.1. The van der Waals surface area contributed by atoms with Crippen molar-refractivity contribution in [3.8, 4) is 67.1 Å². The number of nitrogens with zero attached hydrogens (tertiary/aromatic N) is 3. The van der Waals surface area contributed by atoms with E-state index < -0.39 is 0 Å². The molecule has 392 valence electrons. The molecule has 0 saturated carbocycles. The van der Waals surface area contributed by atoms with Gasteiger partial charge >= 0.3 is 0 Å². The molecule has 0 amide bonds. The molecular weight excluding hydrogens is 1030 g/mol. The van der Waals surface area contributed by atoms with E-state index in [1.54, 1.807) is 0 Å². The second-order valence-corrected chi connectivity index (χ2v) is 22.7. The second kappa shape index (κ2) is 18.6. The molecule has 0 aliphatic rings. The summed E-state index contributed by atoms with van der Waals surface area (Å²) in [5, 5.41) is 22.0. The molecule has 3 heterocycles. The summed E-state index contributed by atoms with van der Waals surface area (Å²) in [6, 6.07) is 99.7. The number of oxazole rings is 1. The van der Waals surface area contributed by atoms with Gasteiger partial charge in [0.05, 0.1) is 11.0 Å². The summed E-state index contributed by atoms with van der Waals surface area (Å²) in [5.74, 6) is 0.602. The summed E-state index contributed by atoms with van der Waals surface area (Å²) in [7, 11) is 0. The number of para-hydroxylation sites is 1. The molecule has 0 unspecified atom stereocenters. The van der Waals surface area contributed by atoms with Crippen LogP contribution in [0.15, 0.2) is 290 Å². The van der Waals surface area contributed by atoms with Crippen molar-refractivity contribution in [1.82, 2.24) is 15.0 Å². The van der Waals surface area contributed by atoms with Crippen LogP contribution < -0.4 is 0 Å². The molecule has 0 atom stereocenters. The summed E-state index contributed by atoms with van der Waals surface area (Å²) in [6.45, 7) is 0. The van der Waals surface area contributed by atoms with Crippen LogP contribution in [0.1, 0.15) is 0 Å². The fraction of sp³-hybridized carbons (Fsp3) is 0. The Hall–Kier alpha value is -11.3. The predicted molar refractivity (Wildman–Crippen MR) is 357 cm³/mol. The van der Waals surface area contributed by atoms with Gasteiger partial charge in [-0.15, -0.1) is 0 Å². The molecule has 3 aromatic heterocycles. The Morgan fingerprint density at radius 1 is 0.235 bits per heavy atom. The number of benzene rings is 15. The van der Waals surface area contributed by atoms with Crippen molar-refractivity contribution in [2.75, 3.05) is 0 Å². The molecule has 0 fully saturated rings. The lowest BCUT2D eigenvalue weighted by molar-refractivity contribution is 0.621. The highest BCUT2D eigenvalue weighted by atomic mass is 16.3. The normalized spacial score (nSPS) is 12.0. The van der Waals surface area contributed by atoms with Crippen LogP contribution in [0.5, 0.6) is 0 Å². The molecule has 0 bridgehead atoms. The number of aromatic nitrogens is 3. The van der Waals surface area contributed by atoms with Gasteiger partial charge in [0.15, 0.2) is 5.58 Å². The zero-order chi connectivity index (χ0) is 55.7. The highest BCUT2D eigenvalue weighted by Crippen LogP contribution is 2.43. The van der Waals surface area contributed by atoms with Crippen LogP contribution in [0.4, 0.5) is 0 Å². The maximum absolute atomic E-state index is 6.78. The SMILES string of the molecule is c1cc(-c2ccc3c4ccccc4c4ccccc4c3c2)cc(-c2nc3cccc(-c4ccc5ccc(-c6ccc7c8ccc(-c9ccc%10cc(-c%11cnc%12c(ccc%13cccnc%13%12)c%11)ccc%10c9)cc8c8ccccc8c7c6)cc5c4)c3o2)c1. The largest absolute Gasteiger partial charge is 0.435 e. The van der Waals surface area contributed by atoms with E-state index >= 15 is 0 Å². The van der Waals surface area contributed by atoms with E-state index in [1.807, 2.05) is 24.5 Å². The average Bonchev–Trinajstić information content (AvgIpc) is 3.62. The Labute approximate surface area is 488 Å². The Morgan fingerprint density at radius 2 is 0.659 bits per heavy atom. The summed E-state index contributed by atoms with van der Waals surface area (Å²) in [6.07, 6.45) is 3.81. The number of rotatable bonds is 6. The lowest BCUT2D eigenvalue weighted by Crippen LogP contribution is -1.88. The molecule has 0 radical (unpaired) electrons. The standard InChI is InChI=1S/C81H47N3O/c1-2-15-67-65(13-1)66-14-3-4-16-68(66)74-44-56(31-34-71(67)74)50-10-7-11-61(40-50)81-84-77-20-8-19-64(80(77)85-81)59-29-22-48-21-24-54(41-62(48)42-59)58-33-36-73-72-35-32-57(45-75(72)69-17-5-6-18-70(69)76(73)46-58)53-26-25-52-39-55(28-27-51(52)38-53)63-43-60-30-23-49-12-9-37-82-78(49)79(60)83-47-63/h1-47H. The van der Waals surface area contributed by atoms with Crippen molar-refractivity contribution in [1.29, 1.82) is 0 Å². The van der Waals surface area contributed by atoms with E-state index in [-0.39, 0.29) is 0 Å². The molecule has 4 heteroatoms. The number of hydrogen-bond donors (Lipinski definition) is 0. The smallest absolute Gasteiger partial charge is 0.227 e. The third-order valence-corrected chi connectivity index (χ3v) is 17.9. The monoisotopic (exact) mass is 1080 g/mol. The molecular formula is C81H47N3O. The van der Waals surface area contributed by atoms with Gasteiger partial charge in [-0.3, -0.25) is 9.97 Å². The third kappa shape index (κ3) is 7.66. The van der Waals surface area contributed by atoms with Gasteiger partial charge in [-0.05, 0) is 203 Å². The van der Waals surface area contributed by atoms with Crippen molar-refractivity contribution in [2.45, 2.75) is 0 Å². The zero-order valence-electron chi connectivity index (χ0n) is 45.9. The van der Waals surface area contributed by atoms with E-state index in [4.69, 9.17) is 14.4 Å². The van der Waals surface area contributed by atoms with Gasteiger partial charge in [0, 0.05) is 39.9 Å². The van der Waals surface area contributed by atoms with E-state index in [0.29, 0.717) is 5.89 Å². The van der Waals surface area contributed by atoms with Gasteiger partial charge in [0.25, 0.3) is 0 Å². The Kier molecular flexibility index (Phi) is 10.4. The Balaban J connectivity index is 0.654. The summed E-state index contributed by atoms with van der Waals surface area (Å²) in [4.78, 5) is 14.6. The quantitative estimate of drug-likeness (QED) is 0.156. The fourth-order valence-corrected chi connectivity index (χ4v) is 13.6.